The molecule has 0 aliphatic carbocycles. The minimum absolute atomic E-state index is 0.0580. The van der Waals surface area contributed by atoms with Crippen LogP contribution in [0.2, 0.25) is 0 Å². The number of halogens is 1. The summed E-state index contributed by atoms with van der Waals surface area (Å²) in [6.45, 7) is 0.715. The summed E-state index contributed by atoms with van der Waals surface area (Å²) >= 11 is 5.57. The van der Waals surface area contributed by atoms with Crippen molar-refractivity contribution >= 4 is 17.5 Å². The zero-order valence-electron chi connectivity index (χ0n) is 9.58. The SMILES string of the molecule is Cn1cncc1C(=O)NCCCCCCCl. The van der Waals surface area contributed by atoms with Crippen LogP contribution in [-0.2, 0) is 7.05 Å². The first-order chi connectivity index (χ1) is 7.75. The lowest BCUT2D eigenvalue weighted by molar-refractivity contribution is 0.0945. The molecule has 1 heterocycles. The maximum atomic E-state index is 11.6. The number of amides is 1. The molecule has 0 saturated carbocycles. The summed E-state index contributed by atoms with van der Waals surface area (Å²) in [6, 6.07) is 0. The van der Waals surface area contributed by atoms with Crippen molar-refractivity contribution < 1.29 is 4.79 Å². The zero-order chi connectivity index (χ0) is 11.8. The van der Waals surface area contributed by atoms with Gasteiger partial charge in [-0.25, -0.2) is 4.98 Å². The summed E-state index contributed by atoms with van der Waals surface area (Å²) < 4.78 is 1.71. The summed E-state index contributed by atoms with van der Waals surface area (Å²) in [4.78, 5) is 15.5. The quantitative estimate of drug-likeness (QED) is 0.588. The fourth-order valence-electron chi connectivity index (χ4n) is 1.44. The third-order valence-electron chi connectivity index (χ3n) is 2.40. The van der Waals surface area contributed by atoms with Crippen LogP contribution in [0, 0.1) is 0 Å². The number of aromatic nitrogens is 2. The number of alkyl halides is 1. The van der Waals surface area contributed by atoms with Crippen LogP contribution in [0.3, 0.4) is 0 Å². The minimum Gasteiger partial charge on any atom is -0.351 e. The van der Waals surface area contributed by atoms with Crippen LogP contribution in [0.1, 0.15) is 36.2 Å². The van der Waals surface area contributed by atoms with Crippen molar-refractivity contribution in [3.63, 3.8) is 0 Å². The Hall–Kier alpha value is -1.03. The Bertz CT molecular complexity index is 325. The molecule has 0 bridgehead atoms. The molecular formula is C11H18ClN3O. The van der Waals surface area contributed by atoms with E-state index in [4.69, 9.17) is 11.6 Å². The summed E-state index contributed by atoms with van der Waals surface area (Å²) in [7, 11) is 1.81. The largest absolute Gasteiger partial charge is 0.351 e. The normalized spacial score (nSPS) is 10.4. The van der Waals surface area contributed by atoms with Crippen molar-refractivity contribution in [1.29, 1.82) is 0 Å². The number of unbranched alkanes of at least 4 members (excludes halogenated alkanes) is 3. The lowest BCUT2D eigenvalue weighted by Crippen LogP contribution is -2.26. The first-order valence-electron chi connectivity index (χ1n) is 5.56. The van der Waals surface area contributed by atoms with Gasteiger partial charge in [-0.15, -0.1) is 11.6 Å². The number of nitrogens with one attached hydrogen (secondary N) is 1. The standard InChI is InChI=1S/C11H18ClN3O/c1-15-9-13-8-10(15)11(16)14-7-5-3-2-4-6-12/h8-9H,2-7H2,1H3,(H,14,16). The van der Waals surface area contributed by atoms with Crippen molar-refractivity contribution in [3.8, 4) is 0 Å². The maximum absolute atomic E-state index is 11.6. The van der Waals surface area contributed by atoms with Gasteiger partial charge in [0, 0.05) is 19.5 Å². The first-order valence-corrected chi connectivity index (χ1v) is 6.09. The molecule has 4 nitrogen and oxygen atoms in total. The molecule has 90 valence electrons. The summed E-state index contributed by atoms with van der Waals surface area (Å²) in [5, 5.41) is 2.87. The van der Waals surface area contributed by atoms with Crippen molar-refractivity contribution in [2.24, 2.45) is 7.05 Å². The van der Waals surface area contributed by atoms with Gasteiger partial charge in [-0.05, 0) is 12.8 Å². The van der Waals surface area contributed by atoms with Crippen molar-refractivity contribution in [2.45, 2.75) is 25.7 Å². The highest BCUT2D eigenvalue weighted by molar-refractivity contribution is 6.17. The van der Waals surface area contributed by atoms with Crippen LogP contribution in [0.5, 0.6) is 0 Å². The fraction of sp³-hybridized carbons (Fsp3) is 0.636. The van der Waals surface area contributed by atoms with Gasteiger partial charge in [-0.1, -0.05) is 12.8 Å². The second-order valence-corrected chi connectivity index (χ2v) is 4.13. The molecule has 0 aromatic carbocycles. The van der Waals surface area contributed by atoms with Crippen molar-refractivity contribution in [2.75, 3.05) is 12.4 Å². The lowest BCUT2D eigenvalue weighted by atomic mass is 10.2. The lowest BCUT2D eigenvalue weighted by Gasteiger charge is -2.04. The van der Waals surface area contributed by atoms with Gasteiger partial charge >= 0.3 is 0 Å². The average molecular weight is 244 g/mol. The van der Waals surface area contributed by atoms with Gasteiger partial charge in [0.1, 0.15) is 5.69 Å². The third-order valence-corrected chi connectivity index (χ3v) is 2.66. The van der Waals surface area contributed by atoms with Crippen LogP contribution >= 0.6 is 11.6 Å². The Labute approximate surface area is 101 Å². The molecule has 1 rings (SSSR count). The molecule has 16 heavy (non-hydrogen) atoms. The third kappa shape index (κ3) is 4.23. The Balaban J connectivity index is 2.14. The van der Waals surface area contributed by atoms with E-state index in [1.165, 1.54) is 0 Å². The molecular weight excluding hydrogens is 226 g/mol. The summed E-state index contributed by atoms with van der Waals surface area (Å²) in [6.07, 6.45) is 7.49. The number of aryl methyl sites for hydroxylation is 1. The number of imidazole rings is 1. The van der Waals surface area contributed by atoms with Gasteiger partial charge in [0.05, 0.1) is 12.5 Å². The first kappa shape index (κ1) is 13.0. The maximum Gasteiger partial charge on any atom is 0.269 e. The van der Waals surface area contributed by atoms with Crippen molar-refractivity contribution in [1.82, 2.24) is 14.9 Å². The smallest absolute Gasteiger partial charge is 0.269 e. The molecule has 0 aliphatic heterocycles. The highest BCUT2D eigenvalue weighted by atomic mass is 35.5. The van der Waals surface area contributed by atoms with E-state index >= 15 is 0 Å². The van der Waals surface area contributed by atoms with E-state index in [0.29, 0.717) is 12.2 Å². The Morgan fingerprint density at radius 1 is 1.44 bits per heavy atom. The van der Waals surface area contributed by atoms with E-state index in [0.717, 1.165) is 31.6 Å². The second-order valence-electron chi connectivity index (χ2n) is 3.75. The number of carbonyl (C=O) groups excluding carboxylic acids is 1. The summed E-state index contributed by atoms with van der Waals surface area (Å²) in [5.41, 5.74) is 0.598. The highest BCUT2D eigenvalue weighted by Gasteiger charge is 2.07. The van der Waals surface area contributed by atoms with Crippen LogP contribution in [0.4, 0.5) is 0 Å². The number of carbonyl (C=O) groups is 1. The van der Waals surface area contributed by atoms with E-state index in [9.17, 15) is 4.79 Å². The predicted octanol–water partition coefficient (Wildman–Crippen LogP) is 1.95. The van der Waals surface area contributed by atoms with E-state index in [2.05, 4.69) is 10.3 Å². The van der Waals surface area contributed by atoms with Gasteiger partial charge < -0.3 is 9.88 Å². The Morgan fingerprint density at radius 2 is 2.19 bits per heavy atom. The van der Waals surface area contributed by atoms with Gasteiger partial charge in [0.2, 0.25) is 0 Å². The molecule has 0 spiro atoms. The molecule has 0 saturated heterocycles. The molecule has 1 aromatic rings. The topological polar surface area (TPSA) is 46.9 Å². The molecule has 1 aromatic heterocycles. The van der Waals surface area contributed by atoms with Gasteiger partial charge in [0.15, 0.2) is 0 Å². The van der Waals surface area contributed by atoms with Crippen LogP contribution in [-0.4, -0.2) is 27.9 Å². The minimum atomic E-state index is -0.0580. The number of hydrogen-bond donors (Lipinski definition) is 1. The molecule has 0 radical (unpaired) electrons. The Morgan fingerprint density at radius 3 is 2.81 bits per heavy atom. The van der Waals surface area contributed by atoms with Gasteiger partial charge in [0.25, 0.3) is 5.91 Å². The predicted molar refractivity (Wildman–Crippen MR) is 64.7 cm³/mol. The molecule has 0 unspecified atom stereocenters. The van der Waals surface area contributed by atoms with Crippen LogP contribution in [0.15, 0.2) is 12.5 Å². The number of rotatable bonds is 7. The average Bonchev–Trinajstić information content (AvgIpc) is 2.69. The van der Waals surface area contributed by atoms with E-state index in [1.807, 2.05) is 7.05 Å². The molecule has 0 aliphatic rings. The molecule has 1 amide bonds. The highest BCUT2D eigenvalue weighted by Crippen LogP contribution is 2.01. The second kappa shape index (κ2) is 7.28. The van der Waals surface area contributed by atoms with E-state index < -0.39 is 0 Å². The van der Waals surface area contributed by atoms with Gasteiger partial charge in [-0.2, -0.15) is 0 Å². The zero-order valence-corrected chi connectivity index (χ0v) is 10.3. The fourth-order valence-corrected chi connectivity index (χ4v) is 1.63. The van der Waals surface area contributed by atoms with Crippen LogP contribution in [0.25, 0.3) is 0 Å². The number of hydrogen-bond acceptors (Lipinski definition) is 2. The van der Waals surface area contributed by atoms with Crippen LogP contribution < -0.4 is 5.32 Å². The molecule has 0 atom stereocenters. The van der Waals surface area contributed by atoms with Crippen molar-refractivity contribution in [3.05, 3.63) is 18.2 Å². The summed E-state index contributed by atoms with van der Waals surface area (Å²) in [5.74, 6) is 0.666. The Kier molecular flexibility index (Phi) is 5.93. The monoisotopic (exact) mass is 243 g/mol. The van der Waals surface area contributed by atoms with E-state index in [1.54, 1.807) is 17.1 Å². The molecule has 5 heteroatoms. The number of nitrogens with zero attached hydrogens (tertiary/aromatic N) is 2. The van der Waals surface area contributed by atoms with Gasteiger partial charge in [-0.3, -0.25) is 4.79 Å². The van der Waals surface area contributed by atoms with E-state index in [-0.39, 0.29) is 5.91 Å². The molecule has 1 N–H and O–H groups in total. The molecule has 0 fully saturated rings.